The Balaban J connectivity index is 1.56. The van der Waals surface area contributed by atoms with Crippen molar-refractivity contribution in [3.63, 3.8) is 0 Å². The third-order valence-electron chi connectivity index (χ3n) is 4.25. The highest BCUT2D eigenvalue weighted by molar-refractivity contribution is 5.76. The van der Waals surface area contributed by atoms with Gasteiger partial charge in [-0.2, -0.15) is 0 Å². The Bertz CT molecular complexity index is 481. The van der Waals surface area contributed by atoms with Gasteiger partial charge in [-0.3, -0.25) is 4.79 Å². The van der Waals surface area contributed by atoms with Gasteiger partial charge in [0.15, 0.2) is 0 Å². The first-order valence-electron chi connectivity index (χ1n) is 7.63. The first-order chi connectivity index (χ1) is 9.83. The summed E-state index contributed by atoms with van der Waals surface area (Å²) in [6.45, 7) is 5.62. The molecule has 1 aromatic carbocycles. The molecular formula is C16H23N3O. The first kappa shape index (κ1) is 13.6. The van der Waals surface area contributed by atoms with Gasteiger partial charge in [-0.25, -0.2) is 0 Å². The van der Waals surface area contributed by atoms with Crippen LogP contribution in [0, 0.1) is 0 Å². The fourth-order valence-electron chi connectivity index (χ4n) is 3.01. The molecule has 2 aliphatic heterocycles. The van der Waals surface area contributed by atoms with Crippen LogP contribution in [0.15, 0.2) is 18.2 Å². The monoisotopic (exact) mass is 273 g/mol. The molecule has 0 saturated carbocycles. The van der Waals surface area contributed by atoms with Gasteiger partial charge >= 0.3 is 0 Å². The summed E-state index contributed by atoms with van der Waals surface area (Å²) < 4.78 is 0. The van der Waals surface area contributed by atoms with Crippen LogP contribution in [0.2, 0.25) is 0 Å². The SMILES string of the molecule is O=C(CCc1ccc2c(c1)CCNC2)N1CCNCC1. The molecule has 0 aliphatic carbocycles. The molecule has 0 bridgehead atoms. The van der Waals surface area contributed by atoms with Crippen molar-refractivity contribution in [2.75, 3.05) is 32.7 Å². The van der Waals surface area contributed by atoms with Crippen molar-refractivity contribution in [2.45, 2.75) is 25.8 Å². The van der Waals surface area contributed by atoms with E-state index in [0.29, 0.717) is 12.3 Å². The highest BCUT2D eigenvalue weighted by Gasteiger charge is 2.16. The van der Waals surface area contributed by atoms with Gasteiger partial charge in [0.25, 0.3) is 0 Å². The van der Waals surface area contributed by atoms with E-state index in [-0.39, 0.29) is 0 Å². The zero-order chi connectivity index (χ0) is 13.8. The van der Waals surface area contributed by atoms with Gasteiger partial charge in [0.2, 0.25) is 5.91 Å². The van der Waals surface area contributed by atoms with Gasteiger partial charge in [0.05, 0.1) is 0 Å². The summed E-state index contributed by atoms with van der Waals surface area (Å²) in [4.78, 5) is 14.1. The molecule has 20 heavy (non-hydrogen) atoms. The van der Waals surface area contributed by atoms with E-state index in [1.54, 1.807) is 0 Å². The summed E-state index contributed by atoms with van der Waals surface area (Å²) >= 11 is 0. The second kappa shape index (κ2) is 6.37. The van der Waals surface area contributed by atoms with Crippen LogP contribution in [0.3, 0.4) is 0 Å². The highest BCUT2D eigenvalue weighted by atomic mass is 16.2. The lowest BCUT2D eigenvalue weighted by atomic mass is 9.96. The van der Waals surface area contributed by atoms with Crippen LogP contribution in [0.5, 0.6) is 0 Å². The van der Waals surface area contributed by atoms with Crippen molar-refractivity contribution >= 4 is 5.91 Å². The van der Waals surface area contributed by atoms with Gasteiger partial charge in [-0.05, 0) is 36.1 Å². The van der Waals surface area contributed by atoms with Gasteiger partial charge < -0.3 is 15.5 Å². The van der Waals surface area contributed by atoms with Crippen LogP contribution in [-0.2, 0) is 24.2 Å². The van der Waals surface area contributed by atoms with Gasteiger partial charge in [0, 0.05) is 39.1 Å². The lowest BCUT2D eigenvalue weighted by Gasteiger charge is -2.27. The second-order valence-electron chi connectivity index (χ2n) is 5.66. The molecule has 0 spiro atoms. The third-order valence-corrected chi connectivity index (χ3v) is 4.25. The van der Waals surface area contributed by atoms with Crippen LogP contribution in [0.4, 0.5) is 0 Å². The van der Waals surface area contributed by atoms with Crippen LogP contribution in [0.1, 0.15) is 23.1 Å². The molecule has 0 radical (unpaired) electrons. The van der Waals surface area contributed by atoms with Gasteiger partial charge in [-0.1, -0.05) is 18.2 Å². The second-order valence-corrected chi connectivity index (χ2v) is 5.66. The van der Waals surface area contributed by atoms with E-state index in [9.17, 15) is 4.79 Å². The zero-order valence-electron chi connectivity index (χ0n) is 12.0. The molecule has 1 fully saturated rings. The normalized spacial score (nSPS) is 18.7. The number of benzene rings is 1. The van der Waals surface area contributed by atoms with Crippen molar-refractivity contribution < 1.29 is 4.79 Å². The maximum absolute atomic E-state index is 12.1. The zero-order valence-corrected chi connectivity index (χ0v) is 12.0. The maximum Gasteiger partial charge on any atom is 0.222 e. The number of piperazine rings is 1. The minimum absolute atomic E-state index is 0.297. The number of hydrogen-bond acceptors (Lipinski definition) is 3. The number of aryl methyl sites for hydroxylation is 1. The number of amides is 1. The van der Waals surface area contributed by atoms with Gasteiger partial charge in [-0.15, -0.1) is 0 Å². The molecule has 0 aromatic heterocycles. The third kappa shape index (κ3) is 3.19. The van der Waals surface area contributed by atoms with Crippen molar-refractivity contribution in [3.8, 4) is 0 Å². The largest absolute Gasteiger partial charge is 0.340 e. The van der Waals surface area contributed by atoms with E-state index in [1.165, 1.54) is 16.7 Å². The molecule has 1 amide bonds. The number of hydrogen-bond donors (Lipinski definition) is 2. The van der Waals surface area contributed by atoms with Crippen LogP contribution < -0.4 is 10.6 Å². The number of nitrogens with one attached hydrogen (secondary N) is 2. The minimum atomic E-state index is 0.297. The summed E-state index contributed by atoms with van der Waals surface area (Å²) in [5.41, 5.74) is 4.17. The van der Waals surface area contributed by atoms with E-state index in [1.807, 2.05) is 4.90 Å². The van der Waals surface area contributed by atoms with Gasteiger partial charge in [0.1, 0.15) is 0 Å². The predicted octanol–water partition coefficient (Wildman–Crippen LogP) is 0.697. The summed E-state index contributed by atoms with van der Waals surface area (Å²) in [6, 6.07) is 6.68. The number of nitrogens with zero attached hydrogens (tertiary/aromatic N) is 1. The lowest BCUT2D eigenvalue weighted by molar-refractivity contribution is -0.131. The number of rotatable bonds is 3. The summed E-state index contributed by atoms with van der Waals surface area (Å²) in [6.07, 6.45) is 2.61. The first-order valence-corrected chi connectivity index (χ1v) is 7.63. The van der Waals surface area contributed by atoms with E-state index in [0.717, 1.165) is 52.1 Å². The Hall–Kier alpha value is -1.39. The Labute approximate surface area is 120 Å². The quantitative estimate of drug-likeness (QED) is 0.852. The molecule has 1 aromatic rings. The summed E-state index contributed by atoms with van der Waals surface area (Å²) in [5, 5.41) is 6.66. The molecule has 1 saturated heterocycles. The average molecular weight is 273 g/mol. The molecule has 4 heteroatoms. The fourth-order valence-corrected chi connectivity index (χ4v) is 3.01. The predicted molar refractivity (Wildman–Crippen MR) is 79.6 cm³/mol. The molecule has 2 heterocycles. The number of carbonyl (C=O) groups excluding carboxylic acids is 1. The molecular weight excluding hydrogens is 250 g/mol. The standard InChI is InChI=1S/C16H23N3O/c20-16(19-9-7-17-8-10-19)4-2-13-1-3-15-12-18-6-5-14(15)11-13/h1,3,11,17-18H,2,4-10,12H2. The molecule has 2 N–H and O–H groups in total. The fraction of sp³-hybridized carbons (Fsp3) is 0.562. The van der Waals surface area contributed by atoms with Crippen LogP contribution in [0.25, 0.3) is 0 Å². The Morgan fingerprint density at radius 3 is 2.80 bits per heavy atom. The topological polar surface area (TPSA) is 44.4 Å². The summed E-state index contributed by atoms with van der Waals surface area (Å²) in [5.74, 6) is 0.297. The molecule has 3 rings (SSSR count). The van der Waals surface area contributed by atoms with Crippen molar-refractivity contribution in [1.82, 2.24) is 15.5 Å². The van der Waals surface area contributed by atoms with Crippen LogP contribution >= 0.6 is 0 Å². The van der Waals surface area contributed by atoms with Crippen molar-refractivity contribution in [2.24, 2.45) is 0 Å². The highest BCUT2D eigenvalue weighted by Crippen LogP contribution is 2.17. The Morgan fingerprint density at radius 1 is 1.10 bits per heavy atom. The lowest BCUT2D eigenvalue weighted by Crippen LogP contribution is -2.46. The Kier molecular flexibility index (Phi) is 4.33. The molecule has 108 valence electrons. The summed E-state index contributed by atoms with van der Waals surface area (Å²) in [7, 11) is 0. The van der Waals surface area contributed by atoms with Crippen molar-refractivity contribution in [1.29, 1.82) is 0 Å². The number of fused-ring (bicyclic) bond motifs is 1. The van der Waals surface area contributed by atoms with E-state index < -0.39 is 0 Å². The smallest absolute Gasteiger partial charge is 0.222 e. The van der Waals surface area contributed by atoms with E-state index in [2.05, 4.69) is 28.8 Å². The average Bonchev–Trinajstić information content (AvgIpc) is 2.53. The molecule has 0 unspecified atom stereocenters. The minimum Gasteiger partial charge on any atom is -0.340 e. The molecule has 2 aliphatic rings. The molecule has 0 atom stereocenters. The number of carbonyl (C=O) groups is 1. The Morgan fingerprint density at radius 2 is 1.95 bits per heavy atom. The molecule has 4 nitrogen and oxygen atoms in total. The van der Waals surface area contributed by atoms with Crippen LogP contribution in [-0.4, -0.2) is 43.5 Å². The van der Waals surface area contributed by atoms with E-state index >= 15 is 0 Å². The van der Waals surface area contributed by atoms with E-state index in [4.69, 9.17) is 0 Å². The maximum atomic E-state index is 12.1. The van der Waals surface area contributed by atoms with Crippen molar-refractivity contribution in [3.05, 3.63) is 34.9 Å².